The van der Waals surface area contributed by atoms with Crippen LogP contribution >= 0.6 is 11.6 Å². The monoisotopic (exact) mass is 245 g/mol. The van der Waals surface area contributed by atoms with E-state index in [1.165, 1.54) is 12.1 Å². The highest BCUT2D eigenvalue weighted by atomic mass is 35.5. The Morgan fingerprint density at radius 2 is 2.06 bits per heavy atom. The smallest absolute Gasteiger partial charge is 0.209 e. The van der Waals surface area contributed by atoms with E-state index in [0.29, 0.717) is 18.8 Å². The predicted octanol–water partition coefficient (Wildman–Crippen LogP) is 2.03. The fourth-order valence-electron chi connectivity index (χ4n) is 1.76. The lowest BCUT2D eigenvalue weighted by Crippen LogP contribution is -2.44. The van der Waals surface area contributed by atoms with E-state index in [2.05, 4.69) is 0 Å². The lowest BCUT2D eigenvalue weighted by Gasteiger charge is -2.36. The Morgan fingerprint density at radius 3 is 2.62 bits per heavy atom. The first-order chi connectivity index (χ1) is 7.68. The zero-order chi connectivity index (χ0) is 11.6. The Labute approximate surface area is 98.3 Å². The highest BCUT2D eigenvalue weighted by Gasteiger charge is 2.37. The molecule has 3 nitrogen and oxygen atoms in total. The van der Waals surface area contributed by atoms with Gasteiger partial charge in [-0.05, 0) is 24.6 Å². The van der Waals surface area contributed by atoms with Gasteiger partial charge >= 0.3 is 0 Å². The lowest BCUT2D eigenvalue weighted by molar-refractivity contribution is -0.269. The molecular formula is C11H13ClFNO2. The van der Waals surface area contributed by atoms with Crippen LogP contribution in [-0.2, 0) is 15.3 Å². The van der Waals surface area contributed by atoms with E-state index in [1.54, 1.807) is 6.07 Å². The molecule has 0 spiro atoms. The van der Waals surface area contributed by atoms with Crippen molar-refractivity contribution in [1.82, 2.24) is 0 Å². The minimum Gasteiger partial charge on any atom is -0.345 e. The molecule has 0 amide bonds. The Kier molecular flexibility index (Phi) is 3.44. The van der Waals surface area contributed by atoms with Crippen LogP contribution in [0, 0.1) is 5.82 Å². The maximum Gasteiger partial charge on any atom is 0.209 e. The van der Waals surface area contributed by atoms with Crippen molar-refractivity contribution >= 4 is 11.6 Å². The van der Waals surface area contributed by atoms with Crippen molar-refractivity contribution < 1.29 is 13.9 Å². The molecule has 2 N–H and O–H groups in total. The van der Waals surface area contributed by atoms with Crippen LogP contribution in [0.25, 0.3) is 0 Å². The molecule has 0 bridgehead atoms. The Morgan fingerprint density at radius 1 is 1.38 bits per heavy atom. The van der Waals surface area contributed by atoms with E-state index >= 15 is 0 Å². The molecule has 1 saturated heterocycles. The van der Waals surface area contributed by atoms with Crippen LogP contribution in [-0.4, -0.2) is 19.8 Å². The highest BCUT2D eigenvalue weighted by molar-refractivity contribution is 6.31. The first kappa shape index (κ1) is 11.8. The standard InChI is InChI=1S/C11H13ClFNO2/c12-10-6-8(13)2-3-9(10)11(7-14)15-4-1-5-16-11/h2-3,6H,1,4-5,7,14H2. The molecule has 0 radical (unpaired) electrons. The average Bonchev–Trinajstić information content (AvgIpc) is 2.30. The summed E-state index contributed by atoms with van der Waals surface area (Å²) in [5, 5.41) is 0.271. The Bertz CT molecular complexity index is 380. The number of halogens is 2. The minimum absolute atomic E-state index is 0.151. The topological polar surface area (TPSA) is 44.5 Å². The second-order valence-corrected chi connectivity index (χ2v) is 4.04. The van der Waals surface area contributed by atoms with E-state index < -0.39 is 11.6 Å². The number of nitrogens with two attached hydrogens (primary N) is 1. The number of hydrogen-bond donors (Lipinski definition) is 1. The quantitative estimate of drug-likeness (QED) is 0.867. The van der Waals surface area contributed by atoms with Crippen molar-refractivity contribution in [3.63, 3.8) is 0 Å². The third-order valence-corrected chi connectivity index (χ3v) is 2.88. The molecule has 0 saturated carbocycles. The van der Waals surface area contributed by atoms with Gasteiger partial charge in [-0.3, -0.25) is 0 Å². The Hall–Kier alpha value is -0.680. The molecule has 0 atom stereocenters. The van der Waals surface area contributed by atoms with Crippen molar-refractivity contribution in [2.45, 2.75) is 12.2 Å². The summed E-state index contributed by atoms with van der Waals surface area (Å²) in [5.41, 5.74) is 6.26. The second-order valence-electron chi connectivity index (χ2n) is 3.63. The second kappa shape index (κ2) is 4.67. The summed E-state index contributed by atoms with van der Waals surface area (Å²) in [6, 6.07) is 4.10. The van der Waals surface area contributed by atoms with Gasteiger partial charge in [0.05, 0.1) is 24.8 Å². The molecule has 0 aromatic heterocycles. The Balaban J connectivity index is 2.39. The van der Waals surface area contributed by atoms with Crippen LogP contribution in [0.5, 0.6) is 0 Å². The van der Waals surface area contributed by atoms with Crippen LogP contribution in [0.1, 0.15) is 12.0 Å². The summed E-state index contributed by atoms with van der Waals surface area (Å²) < 4.78 is 24.1. The summed E-state index contributed by atoms with van der Waals surface area (Å²) in [6.45, 7) is 1.27. The van der Waals surface area contributed by atoms with Gasteiger partial charge in [-0.25, -0.2) is 4.39 Å². The first-order valence-corrected chi connectivity index (χ1v) is 5.49. The van der Waals surface area contributed by atoms with Gasteiger partial charge in [0, 0.05) is 5.56 Å². The number of rotatable bonds is 2. The normalized spacial score (nSPS) is 19.7. The summed E-state index contributed by atoms with van der Waals surface area (Å²) in [7, 11) is 0. The van der Waals surface area contributed by atoms with Gasteiger partial charge in [0.25, 0.3) is 0 Å². The van der Waals surface area contributed by atoms with Gasteiger partial charge in [-0.2, -0.15) is 0 Å². The number of hydrogen-bond acceptors (Lipinski definition) is 3. The summed E-state index contributed by atoms with van der Waals surface area (Å²) in [5.74, 6) is -1.42. The number of benzene rings is 1. The molecule has 0 aliphatic carbocycles. The first-order valence-electron chi connectivity index (χ1n) is 5.11. The summed E-state index contributed by atoms with van der Waals surface area (Å²) in [6.07, 6.45) is 0.820. The molecule has 2 rings (SSSR count). The van der Waals surface area contributed by atoms with Crippen LogP contribution in [0.4, 0.5) is 4.39 Å². The molecule has 1 aromatic carbocycles. The van der Waals surface area contributed by atoms with Gasteiger partial charge in [0.1, 0.15) is 5.82 Å². The van der Waals surface area contributed by atoms with Crippen molar-refractivity contribution in [3.8, 4) is 0 Å². The molecule has 1 aromatic rings. The minimum atomic E-state index is -1.02. The zero-order valence-electron chi connectivity index (χ0n) is 8.71. The van der Waals surface area contributed by atoms with Crippen molar-refractivity contribution in [3.05, 3.63) is 34.6 Å². The van der Waals surface area contributed by atoms with Crippen LogP contribution in [0.15, 0.2) is 18.2 Å². The lowest BCUT2D eigenvalue weighted by atomic mass is 10.0. The molecule has 5 heteroatoms. The van der Waals surface area contributed by atoms with E-state index in [-0.39, 0.29) is 11.6 Å². The van der Waals surface area contributed by atoms with E-state index in [0.717, 1.165) is 6.42 Å². The van der Waals surface area contributed by atoms with Crippen LogP contribution < -0.4 is 5.73 Å². The predicted molar refractivity (Wildman–Crippen MR) is 58.7 cm³/mol. The maximum absolute atomic E-state index is 12.9. The largest absolute Gasteiger partial charge is 0.345 e. The SMILES string of the molecule is NCC1(c2ccc(F)cc2Cl)OCCCO1. The third-order valence-electron chi connectivity index (χ3n) is 2.57. The van der Waals surface area contributed by atoms with Gasteiger partial charge in [-0.1, -0.05) is 11.6 Å². The fraction of sp³-hybridized carbons (Fsp3) is 0.455. The molecule has 16 heavy (non-hydrogen) atoms. The third kappa shape index (κ3) is 2.06. The van der Waals surface area contributed by atoms with Crippen molar-refractivity contribution in [1.29, 1.82) is 0 Å². The van der Waals surface area contributed by atoms with Gasteiger partial charge in [0.15, 0.2) is 0 Å². The van der Waals surface area contributed by atoms with E-state index in [4.69, 9.17) is 26.8 Å². The molecule has 1 aliphatic rings. The molecule has 0 unspecified atom stereocenters. The van der Waals surface area contributed by atoms with Crippen molar-refractivity contribution in [2.75, 3.05) is 19.8 Å². The van der Waals surface area contributed by atoms with Crippen LogP contribution in [0.3, 0.4) is 0 Å². The molecule has 88 valence electrons. The summed E-state index contributed by atoms with van der Waals surface area (Å²) >= 11 is 5.98. The highest BCUT2D eigenvalue weighted by Crippen LogP contribution is 2.34. The molecule has 1 heterocycles. The van der Waals surface area contributed by atoms with Gasteiger partial charge < -0.3 is 15.2 Å². The van der Waals surface area contributed by atoms with E-state index in [1.807, 2.05) is 0 Å². The fourth-order valence-corrected chi connectivity index (χ4v) is 2.07. The van der Waals surface area contributed by atoms with Gasteiger partial charge in [-0.15, -0.1) is 0 Å². The summed E-state index contributed by atoms with van der Waals surface area (Å²) in [4.78, 5) is 0. The van der Waals surface area contributed by atoms with E-state index in [9.17, 15) is 4.39 Å². The van der Waals surface area contributed by atoms with Crippen molar-refractivity contribution in [2.24, 2.45) is 5.73 Å². The van der Waals surface area contributed by atoms with Gasteiger partial charge in [0.2, 0.25) is 5.79 Å². The maximum atomic E-state index is 12.9. The zero-order valence-corrected chi connectivity index (χ0v) is 9.47. The molecule has 1 fully saturated rings. The molecule has 1 aliphatic heterocycles. The molecular weight excluding hydrogens is 233 g/mol. The number of ether oxygens (including phenoxy) is 2. The average molecular weight is 246 g/mol. The van der Waals surface area contributed by atoms with Crippen LogP contribution in [0.2, 0.25) is 5.02 Å².